The van der Waals surface area contributed by atoms with Gasteiger partial charge in [-0.2, -0.15) is 0 Å². The van der Waals surface area contributed by atoms with Crippen LogP contribution in [-0.2, 0) is 23.1 Å². The molecular formula is C10H18O6P-. The zero-order valence-electron chi connectivity index (χ0n) is 10.3. The lowest BCUT2D eigenvalue weighted by Crippen LogP contribution is -2.41. The molecule has 1 saturated heterocycles. The predicted molar refractivity (Wildman–Crippen MR) is 57.4 cm³/mol. The van der Waals surface area contributed by atoms with Crippen LogP contribution in [0.5, 0.6) is 0 Å². The van der Waals surface area contributed by atoms with Crippen molar-refractivity contribution in [3.63, 3.8) is 0 Å². The molecule has 0 aromatic carbocycles. The van der Waals surface area contributed by atoms with Crippen LogP contribution in [0.4, 0.5) is 0 Å². The zero-order chi connectivity index (χ0) is 12.7. The van der Waals surface area contributed by atoms with E-state index in [0.717, 1.165) is 13.5 Å². The fraction of sp³-hybridized carbons (Fsp3) is 1.00. The molecule has 4 unspecified atom stereocenters. The van der Waals surface area contributed by atoms with E-state index in [1.165, 1.54) is 0 Å². The lowest BCUT2D eigenvalue weighted by atomic mass is 9.96. The first-order chi connectivity index (χ1) is 7.92. The first-order valence-electron chi connectivity index (χ1n) is 5.68. The molecule has 1 aliphatic heterocycles. The fourth-order valence-electron chi connectivity index (χ4n) is 2.87. The van der Waals surface area contributed by atoms with Gasteiger partial charge >= 0.3 is 0 Å². The molecule has 100 valence electrons. The molecule has 0 amide bonds. The molecule has 1 aliphatic carbocycles. The Kier molecular flexibility index (Phi) is 3.65. The Hall–Kier alpha value is 0.0300. The molecule has 0 spiro atoms. The highest BCUT2D eigenvalue weighted by Crippen LogP contribution is 2.54. The molecule has 0 N–H and O–H groups in total. The average molecular weight is 265 g/mol. The quantitative estimate of drug-likeness (QED) is 0.701. The number of hydrogen-bond acceptors (Lipinski definition) is 6. The van der Waals surface area contributed by atoms with E-state index in [9.17, 15) is 9.46 Å². The van der Waals surface area contributed by atoms with Gasteiger partial charge < -0.3 is 23.4 Å². The van der Waals surface area contributed by atoms with Gasteiger partial charge in [0.1, 0.15) is 11.7 Å². The molecule has 17 heavy (non-hydrogen) atoms. The van der Waals surface area contributed by atoms with Crippen molar-refractivity contribution in [1.29, 1.82) is 0 Å². The van der Waals surface area contributed by atoms with Crippen LogP contribution < -0.4 is 4.89 Å². The Morgan fingerprint density at radius 2 is 2.18 bits per heavy atom. The number of rotatable bonds is 4. The lowest BCUT2D eigenvalue weighted by Gasteiger charge is -2.34. The van der Waals surface area contributed by atoms with Crippen molar-refractivity contribution in [3.05, 3.63) is 0 Å². The lowest BCUT2D eigenvalue weighted by molar-refractivity contribution is -0.236. The summed E-state index contributed by atoms with van der Waals surface area (Å²) in [6, 6.07) is 0. The number of methoxy groups -OCH3 is 1. The van der Waals surface area contributed by atoms with Crippen molar-refractivity contribution >= 4 is 7.82 Å². The molecule has 0 aromatic heterocycles. The van der Waals surface area contributed by atoms with Gasteiger partial charge in [-0.3, -0.25) is 4.57 Å². The first kappa shape index (κ1) is 13.5. The minimum atomic E-state index is -4.25. The van der Waals surface area contributed by atoms with Gasteiger partial charge in [0.2, 0.25) is 0 Å². The SMILES string of the molecule is CO[C@@H]1CCC2(OP(=O)([O-])OC)CC(C)OC12. The van der Waals surface area contributed by atoms with Crippen molar-refractivity contribution < 1.29 is 28.0 Å². The van der Waals surface area contributed by atoms with Crippen LogP contribution in [0.1, 0.15) is 26.2 Å². The summed E-state index contributed by atoms with van der Waals surface area (Å²) in [7, 11) is -1.55. The summed E-state index contributed by atoms with van der Waals surface area (Å²) in [6.07, 6.45) is 1.41. The van der Waals surface area contributed by atoms with Crippen LogP contribution in [-0.4, -0.2) is 38.1 Å². The molecule has 6 nitrogen and oxygen atoms in total. The summed E-state index contributed by atoms with van der Waals surface area (Å²) in [5, 5.41) is 0. The molecule has 1 saturated carbocycles. The molecule has 2 rings (SSSR count). The Morgan fingerprint density at radius 3 is 2.76 bits per heavy atom. The minimum absolute atomic E-state index is 0.0326. The monoisotopic (exact) mass is 265 g/mol. The van der Waals surface area contributed by atoms with E-state index in [0.29, 0.717) is 12.8 Å². The van der Waals surface area contributed by atoms with E-state index in [4.69, 9.17) is 14.0 Å². The summed E-state index contributed by atoms with van der Waals surface area (Å²) < 4.78 is 32.1. The van der Waals surface area contributed by atoms with Crippen LogP contribution in [0.3, 0.4) is 0 Å². The van der Waals surface area contributed by atoms with Gasteiger partial charge in [-0.25, -0.2) is 0 Å². The molecule has 1 heterocycles. The summed E-state index contributed by atoms with van der Waals surface area (Å²) in [5.74, 6) is 0. The van der Waals surface area contributed by atoms with Crippen LogP contribution >= 0.6 is 7.82 Å². The number of phosphoric acid groups is 1. The van der Waals surface area contributed by atoms with Gasteiger partial charge in [0.05, 0.1) is 12.2 Å². The third-order valence-corrected chi connectivity index (χ3v) is 4.57. The molecule has 2 fully saturated rings. The normalized spacial score (nSPS) is 44.6. The Bertz CT molecular complexity index is 335. The van der Waals surface area contributed by atoms with Gasteiger partial charge in [0.25, 0.3) is 7.82 Å². The fourth-order valence-corrected chi connectivity index (χ4v) is 3.66. The van der Waals surface area contributed by atoms with Gasteiger partial charge in [-0.1, -0.05) is 0 Å². The van der Waals surface area contributed by atoms with Crippen molar-refractivity contribution in [1.82, 2.24) is 0 Å². The van der Waals surface area contributed by atoms with E-state index in [1.54, 1.807) is 7.11 Å². The molecule has 5 atom stereocenters. The van der Waals surface area contributed by atoms with E-state index in [1.807, 2.05) is 6.92 Å². The molecule has 2 aliphatic rings. The first-order valence-corrected chi connectivity index (χ1v) is 7.14. The van der Waals surface area contributed by atoms with Crippen molar-refractivity contribution in [3.8, 4) is 0 Å². The molecule has 7 heteroatoms. The number of ether oxygens (including phenoxy) is 2. The molecular weight excluding hydrogens is 247 g/mol. The maximum Gasteiger partial charge on any atom is 0.268 e. The van der Waals surface area contributed by atoms with Gasteiger partial charge in [0.15, 0.2) is 0 Å². The van der Waals surface area contributed by atoms with Gasteiger partial charge in [-0.15, -0.1) is 0 Å². The Labute approximate surface area is 101 Å². The highest BCUT2D eigenvalue weighted by molar-refractivity contribution is 7.45. The summed E-state index contributed by atoms with van der Waals surface area (Å²) in [4.78, 5) is 11.5. The second-order valence-corrected chi connectivity index (χ2v) is 6.11. The summed E-state index contributed by atoms with van der Waals surface area (Å²) in [6.45, 7) is 1.90. The zero-order valence-corrected chi connectivity index (χ0v) is 11.1. The van der Waals surface area contributed by atoms with E-state index in [-0.39, 0.29) is 18.3 Å². The molecule has 0 aromatic rings. The van der Waals surface area contributed by atoms with Crippen molar-refractivity contribution in [2.75, 3.05) is 14.2 Å². The van der Waals surface area contributed by atoms with Crippen LogP contribution in [0.2, 0.25) is 0 Å². The summed E-state index contributed by atoms with van der Waals surface area (Å²) in [5.41, 5.74) is -0.812. The Morgan fingerprint density at radius 1 is 1.47 bits per heavy atom. The highest BCUT2D eigenvalue weighted by Gasteiger charge is 2.57. The number of fused-ring (bicyclic) bond motifs is 1. The molecule has 0 radical (unpaired) electrons. The minimum Gasteiger partial charge on any atom is -0.756 e. The topological polar surface area (TPSA) is 77.1 Å². The van der Waals surface area contributed by atoms with Crippen LogP contribution in [0.15, 0.2) is 0 Å². The number of phosphoric ester groups is 1. The smallest absolute Gasteiger partial charge is 0.268 e. The van der Waals surface area contributed by atoms with Gasteiger partial charge in [0, 0.05) is 20.6 Å². The average Bonchev–Trinajstić information content (AvgIpc) is 2.71. The largest absolute Gasteiger partial charge is 0.756 e. The van der Waals surface area contributed by atoms with Gasteiger partial charge in [-0.05, 0) is 19.8 Å². The second kappa shape index (κ2) is 4.61. The summed E-state index contributed by atoms with van der Waals surface area (Å²) >= 11 is 0. The number of hydrogen-bond donors (Lipinski definition) is 0. The maximum absolute atomic E-state index is 11.5. The third-order valence-electron chi connectivity index (χ3n) is 3.54. The van der Waals surface area contributed by atoms with E-state index in [2.05, 4.69) is 4.52 Å². The molecule has 0 bridgehead atoms. The predicted octanol–water partition coefficient (Wildman–Crippen LogP) is 0.843. The third kappa shape index (κ3) is 2.43. The van der Waals surface area contributed by atoms with Crippen LogP contribution in [0, 0.1) is 0 Å². The Balaban J connectivity index is 2.19. The van der Waals surface area contributed by atoms with E-state index < -0.39 is 13.4 Å². The van der Waals surface area contributed by atoms with Crippen LogP contribution in [0.25, 0.3) is 0 Å². The second-order valence-electron chi connectivity index (χ2n) is 4.67. The van der Waals surface area contributed by atoms with Crippen molar-refractivity contribution in [2.45, 2.75) is 50.1 Å². The van der Waals surface area contributed by atoms with Crippen molar-refractivity contribution in [2.24, 2.45) is 0 Å². The standard InChI is InChI=1S/C10H19O6P/c1-7-6-10(16-17(11,12)14-3)5-4-8(13-2)9(10)15-7/h7-9H,4-6H2,1-3H3,(H,11,12)/p-1/t7?,8-,9?,10?/m1/s1. The highest BCUT2D eigenvalue weighted by atomic mass is 31.2. The van der Waals surface area contributed by atoms with E-state index >= 15 is 0 Å². The maximum atomic E-state index is 11.5.